The summed E-state index contributed by atoms with van der Waals surface area (Å²) in [6.07, 6.45) is 3.70. The van der Waals surface area contributed by atoms with Crippen LogP contribution in [0.1, 0.15) is 24.5 Å². The number of urea groups is 1. The van der Waals surface area contributed by atoms with Gasteiger partial charge in [0.1, 0.15) is 6.04 Å². The first kappa shape index (κ1) is 14.0. The summed E-state index contributed by atoms with van der Waals surface area (Å²) in [6.45, 7) is 3.94. The number of nitrogens with zero attached hydrogens (tertiary/aromatic N) is 1. The molecule has 0 saturated heterocycles. The molecule has 0 radical (unpaired) electrons. The van der Waals surface area contributed by atoms with Gasteiger partial charge < -0.3 is 15.7 Å². The van der Waals surface area contributed by atoms with Crippen molar-refractivity contribution in [3.8, 4) is 0 Å². The van der Waals surface area contributed by atoms with Gasteiger partial charge in [0.2, 0.25) is 0 Å². The summed E-state index contributed by atoms with van der Waals surface area (Å²) in [4.78, 5) is 26.2. The van der Waals surface area contributed by atoms with Crippen molar-refractivity contribution in [2.45, 2.75) is 32.9 Å². The third-order valence-electron chi connectivity index (χ3n) is 2.59. The molecule has 1 heterocycles. The minimum Gasteiger partial charge on any atom is -0.480 e. The van der Waals surface area contributed by atoms with Crippen LogP contribution < -0.4 is 10.6 Å². The molecule has 18 heavy (non-hydrogen) atoms. The van der Waals surface area contributed by atoms with Crippen molar-refractivity contribution in [3.05, 3.63) is 29.6 Å². The number of carbonyl (C=O) groups is 2. The minimum atomic E-state index is -1.03. The van der Waals surface area contributed by atoms with E-state index in [0.29, 0.717) is 13.0 Å². The molecule has 98 valence electrons. The number of aromatic nitrogens is 1. The molecule has 0 saturated carbocycles. The Morgan fingerprint density at radius 1 is 1.50 bits per heavy atom. The number of carbonyl (C=O) groups excluding carboxylic acids is 1. The summed E-state index contributed by atoms with van der Waals surface area (Å²) in [5.74, 6) is -1.03. The van der Waals surface area contributed by atoms with E-state index in [-0.39, 0.29) is 0 Å². The van der Waals surface area contributed by atoms with Gasteiger partial charge in [-0.25, -0.2) is 9.59 Å². The molecule has 1 aromatic rings. The predicted octanol–water partition coefficient (Wildman–Crippen LogP) is 1.05. The van der Waals surface area contributed by atoms with Gasteiger partial charge in [0.05, 0.1) is 0 Å². The van der Waals surface area contributed by atoms with E-state index in [2.05, 4.69) is 15.6 Å². The highest BCUT2D eigenvalue weighted by Crippen LogP contribution is 2.03. The van der Waals surface area contributed by atoms with Crippen LogP contribution in [0.25, 0.3) is 0 Å². The van der Waals surface area contributed by atoms with Crippen molar-refractivity contribution in [2.75, 3.05) is 0 Å². The average molecular weight is 251 g/mol. The lowest BCUT2D eigenvalue weighted by molar-refractivity contribution is -0.139. The first-order valence-corrected chi connectivity index (χ1v) is 5.71. The summed E-state index contributed by atoms with van der Waals surface area (Å²) in [6, 6.07) is 0.466. The molecule has 1 atom stereocenters. The van der Waals surface area contributed by atoms with Crippen LogP contribution in [0.4, 0.5) is 4.79 Å². The molecule has 6 nitrogen and oxygen atoms in total. The molecular formula is C12H17N3O3. The highest BCUT2D eigenvalue weighted by atomic mass is 16.4. The van der Waals surface area contributed by atoms with Gasteiger partial charge in [-0.05, 0) is 30.5 Å². The SMILES string of the molecule is CCC(NC(=O)NCc1ccncc1C)C(=O)O. The van der Waals surface area contributed by atoms with Crippen molar-refractivity contribution in [2.24, 2.45) is 0 Å². The standard InChI is InChI=1S/C12H17N3O3/c1-3-10(11(16)17)15-12(18)14-7-9-4-5-13-6-8(9)2/h4-6,10H,3,7H2,1-2H3,(H,16,17)(H2,14,15,18). The van der Waals surface area contributed by atoms with Crippen LogP contribution in [-0.4, -0.2) is 28.1 Å². The number of carboxylic acid groups (broad SMARTS) is 1. The molecule has 1 aromatic heterocycles. The zero-order valence-corrected chi connectivity index (χ0v) is 10.4. The van der Waals surface area contributed by atoms with Gasteiger partial charge in [-0.3, -0.25) is 4.98 Å². The highest BCUT2D eigenvalue weighted by Gasteiger charge is 2.17. The fourth-order valence-corrected chi connectivity index (χ4v) is 1.42. The maximum atomic E-state index is 11.5. The molecule has 1 rings (SSSR count). The lowest BCUT2D eigenvalue weighted by Crippen LogP contribution is -2.45. The van der Waals surface area contributed by atoms with Crippen molar-refractivity contribution in [1.29, 1.82) is 0 Å². The average Bonchev–Trinajstić information content (AvgIpc) is 2.34. The fraction of sp³-hybridized carbons (Fsp3) is 0.417. The Kier molecular flexibility index (Phi) is 5.10. The van der Waals surface area contributed by atoms with E-state index in [0.717, 1.165) is 11.1 Å². The number of pyridine rings is 1. The van der Waals surface area contributed by atoms with Crippen molar-refractivity contribution in [3.63, 3.8) is 0 Å². The normalized spacial score (nSPS) is 11.7. The second-order valence-electron chi connectivity index (χ2n) is 3.93. The highest BCUT2D eigenvalue weighted by molar-refractivity contribution is 5.82. The molecule has 0 aliphatic rings. The van der Waals surface area contributed by atoms with E-state index in [9.17, 15) is 9.59 Å². The van der Waals surface area contributed by atoms with E-state index in [1.54, 1.807) is 19.3 Å². The smallest absolute Gasteiger partial charge is 0.326 e. The third kappa shape index (κ3) is 4.04. The summed E-state index contributed by atoms with van der Waals surface area (Å²) < 4.78 is 0. The summed E-state index contributed by atoms with van der Waals surface area (Å²) in [5, 5.41) is 13.8. The number of carboxylic acids is 1. The number of aryl methyl sites for hydroxylation is 1. The van der Waals surface area contributed by atoms with Gasteiger partial charge in [-0.1, -0.05) is 6.92 Å². The van der Waals surface area contributed by atoms with Crippen LogP contribution in [0.5, 0.6) is 0 Å². The quantitative estimate of drug-likeness (QED) is 0.729. The second-order valence-corrected chi connectivity index (χ2v) is 3.93. The van der Waals surface area contributed by atoms with Gasteiger partial charge in [0.25, 0.3) is 0 Å². The van der Waals surface area contributed by atoms with Crippen LogP contribution in [0.2, 0.25) is 0 Å². The molecule has 3 N–H and O–H groups in total. The maximum Gasteiger partial charge on any atom is 0.326 e. The molecule has 0 bridgehead atoms. The second kappa shape index (κ2) is 6.58. The Morgan fingerprint density at radius 2 is 2.22 bits per heavy atom. The molecule has 0 aromatic carbocycles. The summed E-state index contributed by atoms with van der Waals surface area (Å²) in [7, 11) is 0. The lowest BCUT2D eigenvalue weighted by Gasteiger charge is -2.13. The lowest BCUT2D eigenvalue weighted by atomic mass is 10.1. The number of rotatable bonds is 5. The molecule has 1 unspecified atom stereocenters. The van der Waals surface area contributed by atoms with Gasteiger partial charge in [0.15, 0.2) is 0 Å². The zero-order chi connectivity index (χ0) is 13.5. The summed E-state index contributed by atoms with van der Waals surface area (Å²) >= 11 is 0. The van der Waals surface area contributed by atoms with Crippen LogP contribution in [0, 0.1) is 6.92 Å². The van der Waals surface area contributed by atoms with Crippen molar-refractivity contribution in [1.82, 2.24) is 15.6 Å². The van der Waals surface area contributed by atoms with E-state index in [1.165, 1.54) is 0 Å². The Hall–Kier alpha value is -2.11. The summed E-state index contributed by atoms with van der Waals surface area (Å²) in [5.41, 5.74) is 1.92. The first-order valence-electron chi connectivity index (χ1n) is 5.71. The van der Waals surface area contributed by atoms with Crippen LogP contribution in [0.3, 0.4) is 0 Å². The Bertz CT molecular complexity index is 434. The fourth-order valence-electron chi connectivity index (χ4n) is 1.42. The van der Waals surface area contributed by atoms with Crippen LogP contribution in [0.15, 0.2) is 18.5 Å². The minimum absolute atomic E-state index is 0.343. The van der Waals surface area contributed by atoms with Gasteiger partial charge >= 0.3 is 12.0 Å². The Morgan fingerprint density at radius 3 is 2.78 bits per heavy atom. The number of hydrogen-bond donors (Lipinski definition) is 3. The van der Waals surface area contributed by atoms with Gasteiger partial charge in [-0.15, -0.1) is 0 Å². The Labute approximate surface area is 105 Å². The monoisotopic (exact) mass is 251 g/mol. The van der Waals surface area contributed by atoms with E-state index in [4.69, 9.17) is 5.11 Å². The van der Waals surface area contributed by atoms with Crippen LogP contribution in [-0.2, 0) is 11.3 Å². The molecule has 6 heteroatoms. The number of aliphatic carboxylic acids is 1. The number of hydrogen-bond acceptors (Lipinski definition) is 3. The molecular weight excluding hydrogens is 234 g/mol. The van der Waals surface area contributed by atoms with Gasteiger partial charge in [-0.2, -0.15) is 0 Å². The molecule has 0 spiro atoms. The maximum absolute atomic E-state index is 11.5. The third-order valence-corrected chi connectivity index (χ3v) is 2.59. The molecule has 0 aliphatic heterocycles. The topological polar surface area (TPSA) is 91.3 Å². The van der Waals surface area contributed by atoms with E-state index >= 15 is 0 Å². The first-order chi connectivity index (χ1) is 8.54. The van der Waals surface area contributed by atoms with Gasteiger partial charge in [0, 0.05) is 18.9 Å². The Balaban J connectivity index is 2.47. The molecule has 2 amide bonds. The van der Waals surface area contributed by atoms with E-state index in [1.807, 2.05) is 13.0 Å². The zero-order valence-electron chi connectivity index (χ0n) is 10.4. The molecule has 0 aliphatic carbocycles. The van der Waals surface area contributed by atoms with E-state index < -0.39 is 18.0 Å². The predicted molar refractivity (Wildman–Crippen MR) is 66.1 cm³/mol. The number of nitrogens with one attached hydrogen (secondary N) is 2. The van der Waals surface area contributed by atoms with Crippen molar-refractivity contribution >= 4 is 12.0 Å². The molecule has 0 fully saturated rings. The van der Waals surface area contributed by atoms with Crippen molar-refractivity contribution < 1.29 is 14.7 Å². The van der Waals surface area contributed by atoms with Crippen LogP contribution >= 0.6 is 0 Å². The number of amides is 2. The largest absolute Gasteiger partial charge is 0.480 e.